The van der Waals surface area contributed by atoms with E-state index in [2.05, 4.69) is 0 Å². The molecule has 2 atom stereocenters. The van der Waals surface area contributed by atoms with Crippen molar-refractivity contribution in [2.45, 2.75) is 18.6 Å². The number of rotatable bonds is 3. The zero-order valence-electron chi connectivity index (χ0n) is 11.5. The molecule has 0 amide bonds. The van der Waals surface area contributed by atoms with Crippen LogP contribution < -0.4 is 0 Å². The van der Waals surface area contributed by atoms with Gasteiger partial charge in [0.2, 0.25) is 5.60 Å². The number of hydrogen-bond acceptors (Lipinski definition) is 3. The van der Waals surface area contributed by atoms with Gasteiger partial charge in [-0.3, -0.25) is 0 Å². The maximum atomic E-state index is 12.2. The maximum Gasteiger partial charge on any atom is 0.346 e. The molecule has 1 fully saturated rings. The Kier molecular flexibility index (Phi) is 3.07. The first-order valence-electron chi connectivity index (χ1n) is 6.57. The summed E-state index contributed by atoms with van der Waals surface area (Å²) in [4.78, 5) is 12.2. The number of carbonyl (C=O) groups is 1. The Morgan fingerprint density at radius 1 is 1.10 bits per heavy atom. The van der Waals surface area contributed by atoms with Crippen molar-refractivity contribution < 1.29 is 14.3 Å². The third-order valence-electron chi connectivity index (χ3n) is 3.78. The summed E-state index contributed by atoms with van der Waals surface area (Å²) in [7, 11) is 1.39. The van der Waals surface area contributed by atoms with Crippen molar-refractivity contribution in [3.05, 3.63) is 71.3 Å². The largest absolute Gasteiger partial charge is 0.467 e. The molecule has 102 valence electrons. The van der Waals surface area contributed by atoms with Crippen LogP contribution in [-0.2, 0) is 19.9 Å². The maximum absolute atomic E-state index is 12.2. The van der Waals surface area contributed by atoms with E-state index in [4.69, 9.17) is 9.47 Å². The molecule has 0 aromatic heterocycles. The first kappa shape index (κ1) is 12.9. The van der Waals surface area contributed by atoms with Crippen LogP contribution in [0.3, 0.4) is 0 Å². The minimum Gasteiger partial charge on any atom is -0.467 e. The van der Waals surface area contributed by atoms with E-state index in [-0.39, 0.29) is 12.1 Å². The van der Waals surface area contributed by atoms with E-state index >= 15 is 0 Å². The van der Waals surface area contributed by atoms with Crippen LogP contribution in [0, 0.1) is 6.92 Å². The summed E-state index contributed by atoms with van der Waals surface area (Å²) in [5.74, 6) is -0.350. The topological polar surface area (TPSA) is 38.8 Å². The van der Waals surface area contributed by atoms with Gasteiger partial charge in [0, 0.05) is 0 Å². The van der Waals surface area contributed by atoms with Crippen LogP contribution in [0.25, 0.3) is 0 Å². The number of methoxy groups -OCH3 is 1. The van der Waals surface area contributed by atoms with Crippen molar-refractivity contribution in [2.24, 2.45) is 0 Å². The quantitative estimate of drug-likeness (QED) is 0.634. The van der Waals surface area contributed by atoms with Crippen molar-refractivity contribution in [1.82, 2.24) is 0 Å². The zero-order valence-corrected chi connectivity index (χ0v) is 11.5. The molecule has 0 N–H and O–H groups in total. The van der Waals surface area contributed by atoms with E-state index in [1.165, 1.54) is 7.11 Å². The average molecular weight is 268 g/mol. The monoisotopic (exact) mass is 268 g/mol. The van der Waals surface area contributed by atoms with E-state index in [1.807, 2.05) is 61.5 Å². The highest BCUT2D eigenvalue weighted by Gasteiger charge is 2.65. The molecule has 20 heavy (non-hydrogen) atoms. The zero-order chi connectivity index (χ0) is 14.2. The van der Waals surface area contributed by atoms with Crippen LogP contribution in [0.15, 0.2) is 54.6 Å². The number of epoxide rings is 1. The summed E-state index contributed by atoms with van der Waals surface area (Å²) in [6, 6.07) is 17.5. The van der Waals surface area contributed by atoms with E-state index in [1.54, 1.807) is 0 Å². The summed E-state index contributed by atoms with van der Waals surface area (Å²) in [5.41, 5.74) is 1.98. The Morgan fingerprint density at radius 2 is 1.75 bits per heavy atom. The second-order valence-electron chi connectivity index (χ2n) is 4.95. The number of aryl methyl sites for hydroxylation is 1. The summed E-state index contributed by atoms with van der Waals surface area (Å²) in [6.07, 6.45) is -0.279. The summed E-state index contributed by atoms with van der Waals surface area (Å²) < 4.78 is 10.8. The van der Waals surface area contributed by atoms with Crippen LogP contribution in [0.2, 0.25) is 0 Å². The van der Waals surface area contributed by atoms with Gasteiger partial charge < -0.3 is 9.47 Å². The lowest BCUT2D eigenvalue weighted by molar-refractivity contribution is -0.147. The molecule has 3 nitrogen and oxygen atoms in total. The van der Waals surface area contributed by atoms with Crippen molar-refractivity contribution in [3.8, 4) is 0 Å². The van der Waals surface area contributed by atoms with Crippen molar-refractivity contribution >= 4 is 5.97 Å². The van der Waals surface area contributed by atoms with Crippen LogP contribution in [0.4, 0.5) is 0 Å². The third kappa shape index (κ3) is 1.82. The lowest BCUT2D eigenvalue weighted by atomic mass is 9.90. The average Bonchev–Trinajstić information content (AvgIpc) is 3.24. The molecule has 0 radical (unpaired) electrons. The minimum atomic E-state index is -0.998. The van der Waals surface area contributed by atoms with Gasteiger partial charge in [-0.15, -0.1) is 0 Å². The highest BCUT2D eigenvalue weighted by Crippen LogP contribution is 2.58. The van der Waals surface area contributed by atoms with Gasteiger partial charge in [0.05, 0.1) is 7.11 Å². The molecule has 0 aliphatic carbocycles. The lowest BCUT2D eigenvalue weighted by Gasteiger charge is -2.11. The molecule has 1 aliphatic heterocycles. The Hall–Kier alpha value is -2.13. The van der Waals surface area contributed by atoms with Crippen LogP contribution in [0.1, 0.15) is 22.8 Å². The second kappa shape index (κ2) is 4.76. The van der Waals surface area contributed by atoms with Crippen molar-refractivity contribution in [2.75, 3.05) is 7.11 Å². The summed E-state index contributed by atoms with van der Waals surface area (Å²) in [6.45, 7) is 2.02. The Labute approximate surface area is 118 Å². The van der Waals surface area contributed by atoms with Gasteiger partial charge in [-0.2, -0.15) is 0 Å². The second-order valence-corrected chi connectivity index (χ2v) is 4.95. The smallest absolute Gasteiger partial charge is 0.346 e. The summed E-state index contributed by atoms with van der Waals surface area (Å²) in [5, 5.41) is 0. The number of ether oxygens (including phenoxy) is 2. The fourth-order valence-corrected chi connectivity index (χ4v) is 2.65. The summed E-state index contributed by atoms with van der Waals surface area (Å²) >= 11 is 0. The minimum absolute atomic E-state index is 0.279. The molecule has 3 heteroatoms. The van der Waals surface area contributed by atoms with Gasteiger partial charge in [-0.05, 0) is 23.6 Å². The van der Waals surface area contributed by atoms with Crippen LogP contribution in [-0.4, -0.2) is 13.1 Å². The molecule has 2 aromatic carbocycles. The highest BCUT2D eigenvalue weighted by molar-refractivity contribution is 5.85. The molecule has 2 aromatic rings. The van der Waals surface area contributed by atoms with Gasteiger partial charge in [0.15, 0.2) is 0 Å². The Bertz CT molecular complexity index is 636. The van der Waals surface area contributed by atoms with Crippen molar-refractivity contribution in [3.63, 3.8) is 0 Å². The van der Waals surface area contributed by atoms with Gasteiger partial charge >= 0.3 is 5.97 Å². The number of hydrogen-bond donors (Lipinski definition) is 0. The van der Waals surface area contributed by atoms with Gasteiger partial charge in [-0.25, -0.2) is 4.79 Å². The first-order valence-corrected chi connectivity index (χ1v) is 6.57. The Morgan fingerprint density at radius 3 is 2.40 bits per heavy atom. The van der Waals surface area contributed by atoms with E-state index < -0.39 is 5.60 Å². The predicted molar refractivity (Wildman–Crippen MR) is 75.1 cm³/mol. The molecular weight excluding hydrogens is 252 g/mol. The van der Waals surface area contributed by atoms with Crippen LogP contribution >= 0.6 is 0 Å². The molecule has 0 bridgehead atoms. The number of esters is 1. The fraction of sp³-hybridized carbons (Fsp3) is 0.235. The number of benzene rings is 2. The molecule has 3 rings (SSSR count). The van der Waals surface area contributed by atoms with Gasteiger partial charge in [0.1, 0.15) is 6.10 Å². The molecular formula is C17H16O3. The predicted octanol–water partition coefficient (Wildman–Crippen LogP) is 3.13. The van der Waals surface area contributed by atoms with E-state index in [0.717, 1.165) is 16.7 Å². The molecule has 0 unspecified atom stereocenters. The standard InChI is InChI=1S/C17H16O3/c1-12-8-6-7-11-14(12)15-17(20-15,16(18)19-2)13-9-4-3-5-10-13/h3-11,15H,1-2H3/t15-,17-/m0/s1. The molecule has 0 saturated carbocycles. The molecule has 1 heterocycles. The van der Waals surface area contributed by atoms with E-state index in [9.17, 15) is 4.79 Å². The van der Waals surface area contributed by atoms with Crippen LogP contribution in [0.5, 0.6) is 0 Å². The fourth-order valence-electron chi connectivity index (χ4n) is 2.65. The highest BCUT2D eigenvalue weighted by atomic mass is 16.7. The van der Waals surface area contributed by atoms with Gasteiger partial charge in [-0.1, -0.05) is 54.6 Å². The lowest BCUT2D eigenvalue weighted by Crippen LogP contribution is -2.24. The third-order valence-corrected chi connectivity index (χ3v) is 3.78. The van der Waals surface area contributed by atoms with Gasteiger partial charge in [0.25, 0.3) is 0 Å². The van der Waals surface area contributed by atoms with E-state index in [0.29, 0.717) is 0 Å². The molecule has 0 spiro atoms. The Balaban J connectivity index is 2.05. The molecule has 1 aliphatic rings. The first-order chi connectivity index (χ1) is 9.70. The molecule has 1 saturated heterocycles. The SMILES string of the molecule is COC(=O)[C@@]1(c2ccccc2)O[C@H]1c1ccccc1C. The number of carbonyl (C=O) groups excluding carboxylic acids is 1. The van der Waals surface area contributed by atoms with Crippen molar-refractivity contribution in [1.29, 1.82) is 0 Å². The normalized spacial score (nSPS) is 24.2.